The van der Waals surface area contributed by atoms with E-state index in [4.69, 9.17) is 9.72 Å². The molecule has 1 N–H and O–H groups in total. The molecule has 2 unspecified atom stereocenters. The molecule has 3 aromatic rings. The van der Waals surface area contributed by atoms with Gasteiger partial charge in [-0.1, -0.05) is 0 Å². The van der Waals surface area contributed by atoms with E-state index in [1.165, 1.54) is 12.1 Å². The van der Waals surface area contributed by atoms with Crippen molar-refractivity contribution in [1.29, 1.82) is 0 Å². The molecule has 1 aliphatic rings. The number of rotatable bonds is 4. The Morgan fingerprint density at radius 3 is 2.56 bits per heavy atom. The molecule has 27 heavy (non-hydrogen) atoms. The molecule has 2 aromatic heterocycles. The molecule has 0 radical (unpaired) electrons. The summed E-state index contributed by atoms with van der Waals surface area (Å²) in [5, 5.41) is 2.38. The number of thiol groups is 1. The number of nitrogens with zero attached hydrogens (tertiary/aromatic N) is 3. The molecule has 4 rings (SSSR count). The Labute approximate surface area is 160 Å². The lowest BCUT2D eigenvalue weighted by Gasteiger charge is -2.16. The summed E-state index contributed by atoms with van der Waals surface area (Å²) in [4.78, 5) is 20.2. The van der Waals surface area contributed by atoms with Crippen LogP contribution in [0.3, 0.4) is 0 Å². The lowest BCUT2D eigenvalue weighted by atomic mass is 10.1. The molecule has 2 atom stereocenters. The monoisotopic (exact) mass is 384 g/mol. The lowest BCUT2D eigenvalue weighted by Crippen LogP contribution is -2.31. The van der Waals surface area contributed by atoms with Crippen molar-refractivity contribution in [2.75, 3.05) is 6.61 Å². The van der Waals surface area contributed by atoms with E-state index in [1.807, 2.05) is 23.7 Å². The number of hydrogen-bond acceptors (Lipinski definition) is 5. The van der Waals surface area contributed by atoms with Crippen molar-refractivity contribution >= 4 is 18.7 Å². The van der Waals surface area contributed by atoms with E-state index < -0.39 is 6.09 Å². The minimum absolute atomic E-state index is 0.232. The van der Waals surface area contributed by atoms with E-state index in [0.717, 1.165) is 16.8 Å². The third kappa shape index (κ3) is 3.28. The van der Waals surface area contributed by atoms with E-state index in [9.17, 15) is 9.18 Å². The molecule has 1 saturated heterocycles. The molecule has 0 bridgehead atoms. The molecule has 1 amide bonds. The van der Waals surface area contributed by atoms with Gasteiger partial charge in [-0.3, -0.25) is 4.98 Å². The molecule has 3 heterocycles. The van der Waals surface area contributed by atoms with E-state index in [1.54, 1.807) is 24.5 Å². The predicted molar refractivity (Wildman–Crippen MR) is 102 cm³/mol. The second kappa shape index (κ2) is 7.03. The molecule has 1 aromatic carbocycles. The number of cyclic esters (lactones) is 1. The highest BCUT2D eigenvalue weighted by Gasteiger charge is 2.33. The maximum atomic E-state index is 13.4. The Morgan fingerprint density at radius 1 is 1.22 bits per heavy atom. The molecule has 0 aliphatic carbocycles. The number of pyridine rings is 1. The first-order valence-electron chi connectivity index (χ1n) is 8.39. The molecular weight excluding hydrogens is 367 g/mol. The Bertz CT molecular complexity index is 975. The number of imidazole rings is 1. The third-order valence-electron chi connectivity index (χ3n) is 4.54. The van der Waals surface area contributed by atoms with Crippen LogP contribution in [-0.2, 0) is 11.8 Å². The number of benzene rings is 1. The van der Waals surface area contributed by atoms with Gasteiger partial charge < -0.3 is 14.6 Å². The Balaban J connectivity index is 1.84. The van der Waals surface area contributed by atoms with Crippen molar-refractivity contribution in [3.05, 3.63) is 60.4 Å². The molecule has 1 aliphatic heterocycles. The first kappa shape index (κ1) is 17.5. The smallest absolute Gasteiger partial charge is 0.407 e. The fourth-order valence-corrected chi connectivity index (χ4v) is 3.57. The first-order valence-corrected chi connectivity index (χ1v) is 8.90. The standard InChI is InChI=1S/C19H17FN4O2S/c1-24-16(12-6-8-21-9-7-12)15(11-2-4-13(20)5-3-11)23-18(24)17(27)14-10-26-19(25)22-14/h2-9,14,17,27H,10H2,1H3,(H,22,25). The summed E-state index contributed by atoms with van der Waals surface area (Å²) in [6.45, 7) is 0.232. The van der Waals surface area contributed by atoms with Crippen molar-refractivity contribution in [1.82, 2.24) is 19.9 Å². The Kier molecular flexibility index (Phi) is 4.57. The zero-order chi connectivity index (χ0) is 19.0. The highest BCUT2D eigenvalue weighted by Crippen LogP contribution is 2.36. The van der Waals surface area contributed by atoms with Crippen LogP contribution in [-0.4, -0.2) is 33.3 Å². The second-order valence-electron chi connectivity index (χ2n) is 6.26. The van der Waals surface area contributed by atoms with Crippen molar-refractivity contribution in [3.63, 3.8) is 0 Å². The van der Waals surface area contributed by atoms with Crippen LogP contribution < -0.4 is 5.32 Å². The number of aromatic nitrogens is 3. The first-order chi connectivity index (χ1) is 13.0. The van der Waals surface area contributed by atoms with Crippen LogP contribution in [0.5, 0.6) is 0 Å². The van der Waals surface area contributed by atoms with Gasteiger partial charge in [-0.2, -0.15) is 12.6 Å². The minimum atomic E-state index is -0.457. The van der Waals surface area contributed by atoms with Gasteiger partial charge in [0, 0.05) is 30.6 Å². The van der Waals surface area contributed by atoms with Crippen molar-refractivity contribution in [2.45, 2.75) is 11.3 Å². The average molecular weight is 384 g/mol. The summed E-state index contributed by atoms with van der Waals surface area (Å²) in [6.07, 6.45) is 2.96. The van der Waals surface area contributed by atoms with E-state index >= 15 is 0 Å². The van der Waals surface area contributed by atoms with Gasteiger partial charge in [-0.25, -0.2) is 14.2 Å². The molecule has 138 valence electrons. The molecule has 0 spiro atoms. The van der Waals surface area contributed by atoms with Gasteiger partial charge in [0.2, 0.25) is 0 Å². The number of hydrogen-bond donors (Lipinski definition) is 2. The lowest BCUT2D eigenvalue weighted by molar-refractivity contribution is 0.176. The summed E-state index contributed by atoms with van der Waals surface area (Å²) >= 11 is 4.68. The number of carbonyl (C=O) groups excluding carboxylic acids is 1. The van der Waals surface area contributed by atoms with Crippen molar-refractivity contribution in [3.8, 4) is 22.5 Å². The maximum Gasteiger partial charge on any atom is 0.407 e. The van der Waals surface area contributed by atoms with Crippen LogP contribution in [0.1, 0.15) is 11.1 Å². The fourth-order valence-electron chi connectivity index (χ4n) is 3.18. The predicted octanol–water partition coefficient (Wildman–Crippen LogP) is 3.37. The highest BCUT2D eigenvalue weighted by molar-refractivity contribution is 7.80. The van der Waals surface area contributed by atoms with Gasteiger partial charge >= 0.3 is 6.09 Å². The number of nitrogens with one attached hydrogen (secondary N) is 1. The van der Waals surface area contributed by atoms with Crippen LogP contribution in [0.2, 0.25) is 0 Å². The number of ether oxygens (including phenoxy) is 1. The fraction of sp³-hybridized carbons (Fsp3) is 0.211. The van der Waals surface area contributed by atoms with Crippen LogP contribution in [0.25, 0.3) is 22.5 Å². The molecule has 8 heteroatoms. The van der Waals surface area contributed by atoms with Crippen LogP contribution in [0.15, 0.2) is 48.8 Å². The molecule has 0 saturated carbocycles. The number of amides is 1. The molecule has 1 fully saturated rings. The minimum Gasteiger partial charge on any atom is -0.447 e. The zero-order valence-electron chi connectivity index (χ0n) is 14.5. The van der Waals surface area contributed by atoms with Gasteiger partial charge in [-0.15, -0.1) is 0 Å². The summed E-state index contributed by atoms with van der Waals surface area (Å²) < 4.78 is 20.3. The topological polar surface area (TPSA) is 69.0 Å². The summed E-state index contributed by atoms with van der Waals surface area (Å²) in [6, 6.07) is 9.70. The largest absolute Gasteiger partial charge is 0.447 e. The van der Waals surface area contributed by atoms with Gasteiger partial charge in [-0.05, 0) is 36.4 Å². The van der Waals surface area contributed by atoms with Crippen LogP contribution >= 0.6 is 12.6 Å². The van der Waals surface area contributed by atoms with Gasteiger partial charge in [0.05, 0.1) is 22.7 Å². The summed E-state index contributed by atoms with van der Waals surface area (Å²) in [5.41, 5.74) is 3.29. The Hall–Kier alpha value is -2.87. The quantitative estimate of drug-likeness (QED) is 0.677. The molecule has 6 nitrogen and oxygen atoms in total. The van der Waals surface area contributed by atoms with Gasteiger partial charge in [0.1, 0.15) is 18.2 Å². The van der Waals surface area contributed by atoms with E-state index in [0.29, 0.717) is 11.5 Å². The van der Waals surface area contributed by atoms with Crippen molar-refractivity contribution in [2.24, 2.45) is 7.05 Å². The maximum absolute atomic E-state index is 13.4. The number of carbonyl (C=O) groups is 1. The normalized spacial score (nSPS) is 17.4. The van der Waals surface area contributed by atoms with Gasteiger partial charge in [0.15, 0.2) is 0 Å². The zero-order valence-corrected chi connectivity index (χ0v) is 15.4. The average Bonchev–Trinajstić information content (AvgIpc) is 3.26. The second-order valence-corrected chi connectivity index (χ2v) is 6.82. The van der Waals surface area contributed by atoms with Crippen LogP contribution in [0, 0.1) is 5.82 Å². The van der Waals surface area contributed by atoms with E-state index in [-0.39, 0.29) is 23.7 Å². The Morgan fingerprint density at radius 2 is 1.93 bits per heavy atom. The summed E-state index contributed by atoms with van der Waals surface area (Å²) in [7, 11) is 1.89. The molecular formula is C19H17FN4O2S. The number of alkyl carbamates (subject to hydrolysis) is 1. The van der Waals surface area contributed by atoms with Crippen molar-refractivity contribution < 1.29 is 13.9 Å². The van der Waals surface area contributed by atoms with Crippen LogP contribution in [0.4, 0.5) is 9.18 Å². The summed E-state index contributed by atoms with van der Waals surface area (Å²) in [5.74, 6) is 0.374. The SMILES string of the molecule is Cn1c(C(S)C2COC(=O)N2)nc(-c2ccc(F)cc2)c1-c1ccncc1. The highest BCUT2D eigenvalue weighted by atomic mass is 32.1. The third-order valence-corrected chi connectivity index (χ3v) is 5.13. The number of halogens is 1. The van der Waals surface area contributed by atoms with Gasteiger partial charge in [0.25, 0.3) is 0 Å². The van der Waals surface area contributed by atoms with E-state index in [2.05, 4.69) is 22.9 Å².